The first-order valence-electron chi connectivity index (χ1n) is 11.4. The van der Waals surface area contributed by atoms with Gasteiger partial charge in [0.15, 0.2) is 0 Å². The summed E-state index contributed by atoms with van der Waals surface area (Å²) in [4.78, 5) is 41.8. The summed E-state index contributed by atoms with van der Waals surface area (Å²) in [5.41, 5.74) is -0.391. The molecular weight excluding hydrogens is 414 g/mol. The van der Waals surface area contributed by atoms with Crippen molar-refractivity contribution in [3.8, 4) is 0 Å². The molecule has 3 fully saturated rings. The van der Waals surface area contributed by atoms with Gasteiger partial charge in [-0.15, -0.1) is 11.8 Å². The van der Waals surface area contributed by atoms with Gasteiger partial charge in [0, 0.05) is 31.0 Å². The number of hydrogen-bond donors (Lipinski definition) is 3. The maximum atomic E-state index is 13.8. The highest BCUT2D eigenvalue weighted by atomic mass is 32.2. The molecule has 2 bridgehead atoms. The van der Waals surface area contributed by atoms with Crippen LogP contribution in [0.3, 0.4) is 0 Å². The summed E-state index contributed by atoms with van der Waals surface area (Å²) >= 11 is 1.68. The Morgan fingerprint density at radius 2 is 1.87 bits per heavy atom. The molecule has 3 unspecified atom stereocenters. The summed E-state index contributed by atoms with van der Waals surface area (Å²) in [6.45, 7) is 12.9. The second kappa shape index (κ2) is 8.25. The van der Waals surface area contributed by atoms with Crippen LogP contribution in [0.2, 0.25) is 0 Å². The lowest BCUT2D eigenvalue weighted by Gasteiger charge is -2.41. The molecule has 6 atom stereocenters. The van der Waals surface area contributed by atoms with Gasteiger partial charge in [0.2, 0.25) is 17.7 Å². The number of aliphatic hydroxyl groups excluding tert-OH is 1. The zero-order valence-electron chi connectivity index (χ0n) is 19.9. The van der Waals surface area contributed by atoms with Gasteiger partial charge in [-0.25, -0.2) is 0 Å². The Morgan fingerprint density at radius 3 is 2.42 bits per heavy atom. The van der Waals surface area contributed by atoms with Gasteiger partial charge in [0.05, 0.1) is 16.6 Å². The third kappa shape index (κ3) is 4.10. The molecule has 3 rings (SSSR count). The molecule has 0 saturated carbocycles. The van der Waals surface area contributed by atoms with Crippen LogP contribution in [0.4, 0.5) is 0 Å². The molecule has 0 aromatic heterocycles. The van der Waals surface area contributed by atoms with E-state index in [-0.39, 0.29) is 40.9 Å². The van der Waals surface area contributed by atoms with Gasteiger partial charge < -0.3 is 20.6 Å². The van der Waals surface area contributed by atoms with Gasteiger partial charge in [-0.3, -0.25) is 14.4 Å². The second-order valence-electron chi connectivity index (χ2n) is 11.4. The molecule has 3 N–H and O–H groups in total. The third-order valence-electron chi connectivity index (χ3n) is 7.03. The molecule has 3 amide bonds. The SMILES string of the molecule is CNC(=O)[C@@H]1[C@H]2C(=O)N(CCCO)C(C(=O)NC(C)(C)CC(C)(C)C)C23S[C@@H]1CC3C. The number of fused-ring (bicyclic) bond motifs is 1. The number of rotatable bonds is 7. The van der Waals surface area contributed by atoms with Crippen molar-refractivity contribution in [2.24, 2.45) is 23.2 Å². The van der Waals surface area contributed by atoms with Crippen LogP contribution in [0.1, 0.15) is 60.8 Å². The molecule has 3 saturated heterocycles. The molecule has 8 heteroatoms. The topological polar surface area (TPSA) is 98.7 Å². The van der Waals surface area contributed by atoms with Crippen molar-refractivity contribution >= 4 is 29.5 Å². The van der Waals surface area contributed by atoms with Crippen LogP contribution in [0.15, 0.2) is 0 Å². The quantitative estimate of drug-likeness (QED) is 0.546. The van der Waals surface area contributed by atoms with E-state index >= 15 is 0 Å². The zero-order valence-corrected chi connectivity index (χ0v) is 20.8. The molecule has 0 radical (unpaired) electrons. The van der Waals surface area contributed by atoms with E-state index in [1.165, 1.54) is 0 Å². The Labute approximate surface area is 190 Å². The monoisotopic (exact) mass is 453 g/mol. The third-order valence-corrected chi connectivity index (χ3v) is 9.11. The van der Waals surface area contributed by atoms with E-state index < -0.39 is 28.2 Å². The molecule has 31 heavy (non-hydrogen) atoms. The molecule has 3 aliphatic rings. The van der Waals surface area contributed by atoms with Crippen molar-refractivity contribution in [1.82, 2.24) is 15.5 Å². The standard InChI is InChI=1S/C23H39N3O4S/c1-13-11-14-15(18(28)24-7)16-20(30)26(9-8-10-27)17(23(13,16)31-14)19(29)25-22(5,6)12-21(2,3)4/h13-17,27H,8-12H2,1-7H3,(H,24,28)(H,25,29)/t13?,14-,15+,16+,17?,23?/m1/s1. The number of amides is 3. The highest BCUT2D eigenvalue weighted by Gasteiger charge is 2.75. The lowest BCUT2D eigenvalue weighted by atomic mass is 9.65. The van der Waals surface area contributed by atoms with E-state index in [0.29, 0.717) is 13.0 Å². The zero-order chi connectivity index (χ0) is 23.4. The van der Waals surface area contributed by atoms with Gasteiger partial charge in [0.25, 0.3) is 0 Å². The first-order valence-corrected chi connectivity index (χ1v) is 12.3. The summed E-state index contributed by atoms with van der Waals surface area (Å²) in [5.74, 6) is -1.11. The van der Waals surface area contributed by atoms with Gasteiger partial charge in [-0.1, -0.05) is 27.7 Å². The maximum Gasteiger partial charge on any atom is 0.244 e. The maximum absolute atomic E-state index is 13.8. The molecule has 0 aliphatic carbocycles. The largest absolute Gasteiger partial charge is 0.396 e. The average Bonchev–Trinajstić information content (AvgIpc) is 3.20. The fourth-order valence-corrected chi connectivity index (χ4v) is 8.96. The van der Waals surface area contributed by atoms with Gasteiger partial charge >= 0.3 is 0 Å². The number of carbonyl (C=O) groups is 3. The summed E-state index contributed by atoms with van der Waals surface area (Å²) in [6, 6.07) is -0.629. The fraction of sp³-hybridized carbons (Fsp3) is 0.870. The highest BCUT2D eigenvalue weighted by molar-refractivity contribution is 8.02. The minimum atomic E-state index is -0.629. The predicted octanol–water partition coefficient (Wildman–Crippen LogP) is 1.78. The molecular formula is C23H39N3O4S. The number of hydrogen-bond acceptors (Lipinski definition) is 5. The summed E-state index contributed by atoms with van der Waals surface area (Å²) in [6.07, 6.45) is 2.04. The molecule has 1 spiro atoms. The summed E-state index contributed by atoms with van der Waals surface area (Å²) in [7, 11) is 1.61. The number of likely N-dealkylation sites (tertiary alicyclic amines) is 1. The van der Waals surface area contributed by atoms with E-state index in [0.717, 1.165) is 12.8 Å². The number of aliphatic hydroxyl groups is 1. The van der Waals surface area contributed by atoms with Gasteiger partial charge in [-0.05, 0) is 44.4 Å². The molecule has 0 aromatic carbocycles. The first kappa shape index (κ1) is 24.4. The Morgan fingerprint density at radius 1 is 1.23 bits per heavy atom. The van der Waals surface area contributed by atoms with E-state index in [2.05, 4.69) is 38.3 Å². The lowest BCUT2D eigenvalue weighted by molar-refractivity contribution is -0.140. The summed E-state index contributed by atoms with van der Waals surface area (Å²) in [5, 5.41) is 15.4. The summed E-state index contributed by atoms with van der Waals surface area (Å²) < 4.78 is -0.601. The number of carbonyl (C=O) groups excluding carboxylic acids is 3. The van der Waals surface area contributed by atoms with Gasteiger partial charge in [-0.2, -0.15) is 0 Å². The second-order valence-corrected chi connectivity index (χ2v) is 12.9. The van der Waals surface area contributed by atoms with Gasteiger partial charge in [0.1, 0.15) is 6.04 Å². The Hall–Kier alpha value is -1.28. The van der Waals surface area contributed by atoms with Crippen molar-refractivity contribution < 1.29 is 19.5 Å². The van der Waals surface area contributed by atoms with Crippen LogP contribution in [-0.4, -0.2) is 69.5 Å². The van der Waals surface area contributed by atoms with E-state index in [1.54, 1.807) is 23.7 Å². The Bertz CT molecular complexity index is 750. The Balaban J connectivity index is 1.99. The van der Waals surface area contributed by atoms with Crippen LogP contribution in [0, 0.1) is 23.2 Å². The Kier molecular flexibility index (Phi) is 6.48. The fourth-order valence-electron chi connectivity index (χ4n) is 6.54. The van der Waals surface area contributed by atoms with Crippen LogP contribution < -0.4 is 10.6 Å². The van der Waals surface area contributed by atoms with E-state index in [9.17, 15) is 19.5 Å². The van der Waals surface area contributed by atoms with Crippen LogP contribution in [-0.2, 0) is 14.4 Å². The number of thioether (sulfide) groups is 1. The first-order chi connectivity index (χ1) is 14.3. The minimum Gasteiger partial charge on any atom is -0.396 e. The van der Waals surface area contributed by atoms with Crippen LogP contribution >= 0.6 is 11.8 Å². The molecule has 0 aromatic rings. The van der Waals surface area contributed by atoms with Crippen molar-refractivity contribution in [2.75, 3.05) is 20.2 Å². The van der Waals surface area contributed by atoms with Crippen molar-refractivity contribution in [2.45, 2.75) is 82.4 Å². The molecule has 7 nitrogen and oxygen atoms in total. The van der Waals surface area contributed by atoms with Crippen molar-refractivity contribution in [1.29, 1.82) is 0 Å². The van der Waals surface area contributed by atoms with E-state index in [1.807, 2.05) is 13.8 Å². The van der Waals surface area contributed by atoms with Crippen molar-refractivity contribution in [3.63, 3.8) is 0 Å². The highest BCUT2D eigenvalue weighted by Crippen LogP contribution is 2.68. The number of nitrogens with zero attached hydrogens (tertiary/aromatic N) is 1. The molecule has 3 heterocycles. The van der Waals surface area contributed by atoms with Crippen LogP contribution in [0.5, 0.6) is 0 Å². The predicted molar refractivity (Wildman–Crippen MR) is 122 cm³/mol. The average molecular weight is 454 g/mol. The number of nitrogens with one attached hydrogen (secondary N) is 2. The van der Waals surface area contributed by atoms with Crippen molar-refractivity contribution in [3.05, 3.63) is 0 Å². The molecule has 176 valence electrons. The minimum absolute atomic E-state index is 0.0395. The molecule has 3 aliphatic heterocycles. The lowest BCUT2D eigenvalue weighted by Crippen LogP contribution is -2.60. The normalized spacial score (nSPS) is 34.8. The smallest absolute Gasteiger partial charge is 0.244 e. The van der Waals surface area contributed by atoms with Crippen LogP contribution in [0.25, 0.3) is 0 Å². The van der Waals surface area contributed by atoms with E-state index in [4.69, 9.17) is 0 Å².